The van der Waals surface area contributed by atoms with E-state index >= 15 is 0 Å². The maximum Gasteiger partial charge on any atom is 0.201 e. The van der Waals surface area contributed by atoms with E-state index < -0.39 is 0 Å². The first-order chi connectivity index (χ1) is 14.3. The van der Waals surface area contributed by atoms with Crippen LogP contribution in [0, 0.1) is 6.92 Å². The summed E-state index contributed by atoms with van der Waals surface area (Å²) in [5.74, 6) is -0.0750. The fraction of sp³-hybridized carbons (Fsp3) is 0.222. The van der Waals surface area contributed by atoms with Gasteiger partial charge in [-0.2, -0.15) is 0 Å². The SMILES string of the molecule is C=C(/C=C1/C(=O)C(c2cn(C)c3ccccc23)=C1O)C(C)(CC)c1ccccc1C. The van der Waals surface area contributed by atoms with E-state index in [9.17, 15) is 9.90 Å². The number of aliphatic hydroxyl groups excluding tert-OH is 1. The van der Waals surface area contributed by atoms with E-state index in [0.29, 0.717) is 11.1 Å². The Hall–Kier alpha value is -3.33. The number of aromatic nitrogens is 1. The molecule has 0 saturated carbocycles. The van der Waals surface area contributed by atoms with Crippen LogP contribution in [0.15, 0.2) is 84.3 Å². The number of fused-ring (bicyclic) bond motifs is 1. The third-order valence-corrected chi connectivity index (χ3v) is 6.60. The van der Waals surface area contributed by atoms with Crippen LogP contribution in [0.2, 0.25) is 0 Å². The zero-order valence-corrected chi connectivity index (χ0v) is 18.0. The van der Waals surface area contributed by atoms with Gasteiger partial charge in [0.25, 0.3) is 0 Å². The van der Waals surface area contributed by atoms with Crippen molar-refractivity contribution in [1.29, 1.82) is 0 Å². The smallest absolute Gasteiger partial charge is 0.201 e. The first-order valence-corrected chi connectivity index (χ1v) is 10.3. The van der Waals surface area contributed by atoms with E-state index in [2.05, 4.69) is 39.5 Å². The average Bonchev–Trinajstić information content (AvgIpc) is 3.08. The van der Waals surface area contributed by atoms with Crippen LogP contribution in [0.4, 0.5) is 0 Å². The fourth-order valence-electron chi connectivity index (χ4n) is 4.46. The highest BCUT2D eigenvalue weighted by molar-refractivity contribution is 6.40. The van der Waals surface area contributed by atoms with E-state index in [1.807, 2.05) is 54.2 Å². The van der Waals surface area contributed by atoms with Gasteiger partial charge >= 0.3 is 0 Å². The largest absolute Gasteiger partial charge is 0.506 e. The molecule has 0 bridgehead atoms. The highest BCUT2D eigenvalue weighted by Crippen LogP contribution is 2.43. The molecule has 30 heavy (non-hydrogen) atoms. The number of aliphatic hydroxyl groups is 1. The Kier molecular flexibility index (Phi) is 4.77. The predicted molar refractivity (Wildman–Crippen MR) is 124 cm³/mol. The molecular weight excluding hydrogens is 370 g/mol. The molecule has 1 atom stereocenters. The highest BCUT2D eigenvalue weighted by Gasteiger charge is 2.38. The van der Waals surface area contributed by atoms with Crippen molar-refractivity contribution in [3.8, 4) is 0 Å². The summed E-state index contributed by atoms with van der Waals surface area (Å²) in [6, 6.07) is 16.2. The fourth-order valence-corrected chi connectivity index (χ4v) is 4.46. The van der Waals surface area contributed by atoms with Gasteiger partial charge in [0.2, 0.25) is 5.78 Å². The van der Waals surface area contributed by atoms with Crippen molar-refractivity contribution >= 4 is 22.3 Å². The summed E-state index contributed by atoms with van der Waals surface area (Å²) in [5, 5.41) is 11.8. The van der Waals surface area contributed by atoms with Crippen LogP contribution in [0.25, 0.3) is 16.5 Å². The molecule has 3 heteroatoms. The lowest BCUT2D eigenvalue weighted by Gasteiger charge is -2.33. The van der Waals surface area contributed by atoms with Gasteiger partial charge in [0.05, 0.1) is 11.1 Å². The zero-order valence-electron chi connectivity index (χ0n) is 18.0. The van der Waals surface area contributed by atoms with E-state index in [-0.39, 0.29) is 17.0 Å². The summed E-state index contributed by atoms with van der Waals surface area (Å²) < 4.78 is 1.98. The van der Waals surface area contributed by atoms with Crippen LogP contribution in [-0.4, -0.2) is 15.5 Å². The van der Waals surface area contributed by atoms with Gasteiger partial charge in [-0.25, -0.2) is 0 Å². The number of carbonyl (C=O) groups is 1. The molecule has 152 valence electrons. The summed E-state index contributed by atoms with van der Waals surface area (Å²) >= 11 is 0. The predicted octanol–water partition coefficient (Wildman–Crippen LogP) is 6.19. The molecule has 0 amide bonds. The van der Waals surface area contributed by atoms with Crippen LogP contribution >= 0.6 is 0 Å². The van der Waals surface area contributed by atoms with Gasteiger partial charge in [0, 0.05) is 35.1 Å². The number of ketones is 1. The molecular formula is C27H27NO2. The molecule has 1 aliphatic rings. The first kappa shape index (κ1) is 20.0. The number of hydrogen-bond acceptors (Lipinski definition) is 2. The lowest BCUT2D eigenvalue weighted by Crippen LogP contribution is -2.26. The zero-order chi connectivity index (χ0) is 21.6. The lowest BCUT2D eigenvalue weighted by atomic mass is 9.71. The molecule has 4 rings (SSSR count). The molecule has 3 nitrogen and oxygen atoms in total. The summed E-state index contributed by atoms with van der Waals surface area (Å²) in [6.45, 7) is 10.6. The van der Waals surface area contributed by atoms with Crippen molar-refractivity contribution in [3.05, 3.63) is 101 Å². The minimum Gasteiger partial charge on any atom is -0.506 e. The van der Waals surface area contributed by atoms with Crippen LogP contribution in [0.1, 0.15) is 37.0 Å². The molecule has 0 aliphatic heterocycles. The van der Waals surface area contributed by atoms with Crippen molar-refractivity contribution in [3.63, 3.8) is 0 Å². The molecule has 1 unspecified atom stereocenters. The van der Waals surface area contributed by atoms with Gasteiger partial charge < -0.3 is 9.67 Å². The molecule has 0 saturated heterocycles. The third-order valence-electron chi connectivity index (χ3n) is 6.60. The molecule has 0 radical (unpaired) electrons. The van der Waals surface area contributed by atoms with Crippen molar-refractivity contribution in [2.45, 2.75) is 32.6 Å². The number of para-hydroxylation sites is 1. The summed E-state index contributed by atoms with van der Waals surface area (Å²) in [5.41, 5.74) is 5.43. The molecule has 1 aromatic heterocycles. The van der Waals surface area contributed by atoms with Crippen LogP contribution in [0.5, 0.6) is 0 Å². The molecule has 2 aromatic carbocycles. The van der Waals surface area contributed by atoms with Crippen molar-refractivity contribution < 1.29 is 9.90 Å². The minimum absolute atomic E-state index is 0.0562. The number of benzene rings is 2. The van der Waals surface area contributed by atoms with Gasteiger partial charge in [0.15, 0.2) is 0 Å². The maximum atomic E-state index is 13.0. The Labute approximate surface area is 177 Å². The second-order valence-corrected chi connectivity index (χ2v) is 8.31. The average molecular weight is 398 g/mol. The van der Waals surface area contributed by atoms with Crippen LogP contribution in [0.3, 0.4) is 0 Å². The van der Waals surface area contributed by atoms with Crippen molar-refractivity contribution in [2.24, 2.45) is 7.05 Å². The van der Waals surface area contributed by atoms with Crippen molar-refractivity contribution in [2.75, 3.05) is 0 Å². The first-order valence-electron chi connectivity index (χ1n) is 10.3. The summed E-state index contributed by atoms with van der Waals surface area (Å²) in [6.07, 6.45) is 4.51. The number of rotatable bonds is 5. The number of allylic oxidation sites excluding steroid dienone is 4. The van der Waals surface area contributed by atoms with Gasteiger partial charge in [-0.05, 0) is 42.2 Å². The van der Waals surface area contributed by atoms with E-state index in [1.165, 1.54) is 11.1 Å². The van der Waals surface area contributed by atoms with Gasteiger partial charge in [-0.1, -0.05) is 62.9 Å². The number of aryl methyl sites for hydroxylation is 2. The molecule has 3 aromatic rings. The maximum absolute atomic E-state index is 13.0. The molecule has 1 heterocycles. The third kappa shape index (κ3) is 2.85. The molecule has 1 aliphatic carbocycles. The molecule has 1 N–H and O–H groups in total. The van der Waals surface area contributed by atoms with Crippen LogP contribution in [-0.2, 0) is 17.3 Å². The number of nitrogens with zero attached hydrogens (tertiary/aromatic N) is 1. The Morgan fingerprint density at radius 2 is 1.83 bits per heavy atom. The quantitative estimate of drug-likeness (QED) is 0.522. The van der Waals surface area contributed by atoms with Crippen molar-refractivity contribution in [1.82, 2.24) is 4.57 Å². The lowest BCUT2D eigenvalue weighted by molar-refractivity contribution is -0.111. The Balaban J connectivity index is 1.75. The number of carbonyl (C=O) groups excluding carboxylic acids is 1. The Morgan fingerprint density at radius 3 is 2.50 bits per heavy atom. The van der Waals surface area contributed by atoms with Crippen LogP contribution < -0.4 is 0 Å². The Bertz CT molecular complexity index is 1250. The Morgan fingerprint density at radius 1 is 1.17 bits per heavy atom. The second-order valence-electron chi connectivity index (χ2n) is 8.31. The molecule has 0 spiro atoms. The van der Waals surface area contributed by atoms with E-state index in [4.69, 9.17) is 0 Å². The van der Waals surface area contributed by atoms with Gasteiger partial charge in [-0.3, -0.25) is 4.79 Å². The highest BCUT2D eigenvalue weighted by atomic mass is 16.3. The molecule has 0 fully saturated rings. The van der Waals surface area contributed by atoms with Gasteiger partial charge in [0.1, 0.15) is 5.76 Å². The number of Topliss-reactive ketones (excluding diaryl/α,β-unsaturated/α-hetero) is 1. The minimum atomic E-state index is -0.311. The summed E-state index contributed by atoms with van der Waals surface area (Å²) in [7, 11) is 1.94. The number of hydrogen-bond donors (Lipinski definition) is 1. The standard InChI is InChI=1S/C27H27NO2/c1-6-27(4,22-13-9-7-11-17(22)2)18(3)15-20-25(29)24(26(20)30)21-16-28(5)23-14-10-8-12-19(21)23/h7-16,29H,3,6H2,1-2,4-5H3/b20-15+. The van der Waals surface area contributed by atoms with E-state index in [0.717, 1.165) is 28.5 Å². The van der Waals surface area contributed by atoms with Gasteiger partial charge in [-0.15, -0.1) is 0 Å². The second kappa shape index (κ2) is 7.17. The van der Waals surface area contributed by atoms with E-state index in [1.54, 1.807) is 6.08 Å². The normalized spacial score (nSPS) is 17.3. The topological polar surface area (TPSA) is 42.2 Å². The monoisotopic (exact) mass is 397 g/mol. The summed E-state index contributed by atoms with van der Waals surface area (Å²) in [4.78, 5) is 13.0.